The minimum absolute atomic E-state index is 0.0284. The number of hydrogen-bond donors (Lipinski definition) is 1. The van der Waals surface area contributed by atoms with Gasteiger partial charge in [-0.15, -0.1) is 0 Å². The summed E-state index contributed by atoms with van der Waals surface area (Å²) in [6.07, 6.45) is 57.5. The number of hydrogen-bond acceptors (Lipinski definition) is 7. The zero-order valence-corrected chi connectivity index (χ0v) is 45.2. The molecule has 3 atom stereocenters. The standard InChI is InChI=1S/C57H105N2O7P/c1-7-10-13-16-19-22-25-28-29-32-35-38-41-44-47-50-57(61)66-55(48-45-42-39-36-33-30-26-23-20-17-14-11-8-2)54(53-65-67(62,63)64-52-51-59(4,5)6)58-56(60)49-46-43-40-37-34-31-27-24-21-18-15-12-9-3/h10,13,16,19,22,25,31,34,45,48,54-55H,7-9,11-12,14-15,17-18,20-21,23-24,26-30,32-33,35-44,46-47,49-53H2,1-6H3,(H-,58,60,62,63)/b13-10+,19-16+,25-22+,34-31-,48-45+. The first-order valence-corrected chi connectivity index (χ1v) is 29.1. The number of likely N-dealkylation sites (N-methyl/N-ethyl adjacent to an activating group) is 1. The van der Waals surface area contributed by atoms with Crippen LogP contribution in [-0.2, 0) is 27.9 Å². The van der Waals surface area contributed by atoms with Gasteiger partial charge < -0.3 is 28.5 Å². The second kappa shape index (κ2) is 47.4. The summed E-state index contributed by atoms with van der Waals surface area (Å²) in [6.45, 7) is 6.68. The maximum absolute atomic E-state index is 13.4. The second-order valence-electron chi connectivity index (χ2n) is 19.8. The molecular formula is C57H105N2O7P. The van der Waals surface area contributed by atoms with Crippen LogP contribution in [0, 0.1) is 0 Å². The number of phosphoric ester groups is 1. The Hall–Kier alpha value is -2.29. The lowest BCUT2D eigenvalue weighted by molar-refractivity contribution is -0.870. The Morgan fingerprint density at radius 3 is 1.48 bits per heavy atom. The molecule has 0 aromatic carbocycles. The molecule has 1 amide bonds. The van der Waals surface area contributed by atoms with Gasteiger partial charge in [-0.05, 0) is 76.7 Å². The summed E-state index contributed by atoms with van der Waals surface area (Å²) in [5, 5.41) is 3.00. The van der Waals surface area contributed by atoms with Crippen LogP contribution in [0.2, 0.25) is 0 Å². The van der Waals surface area contributed by atoms with Gasteiger partial charge in [-0.1, -0.05) is 210 Å². The molecule has 0 aliphatic carbocycles. The average Bonchev–Trinajstić information content (AvgIpc) is 3.28. The van der Waals surface area contributed by atoms with Gasteiger partial charge in [-0.2, -0.15) is 0 Å². The Balaban J connectivity index is 5.44. The number of nitrogens with zero attached hydrogens (tertiary/aromatic N) is 1. The summed E-state index contributed by atoms with van der Waals surface area (Å²) in [4.78, 5) is 39.8. The van der Waals surface area contributed by atoms with Gasteiger partial charge in [-0.3, -0.25) is 14.2 Å². The monoisotopic (exact) mass is 961 g/mol. The molecule has 0 bridgehead atoms. The van der Waals surface area contributed by atoms with Crippen LogP contribution in [0.1, 0.15) is 239 Å². The van der Waals surface area contributed by atoms with Gasteiger partial charge in [0.05, 0.1) is 33.8 Å². The molecule has 0 spiro atoms. The number of rotatable bonds is 49. The van der Waals surface area contributed by atoms with Gasteiger partial charge in [0, 0.05) is 12.8 Å². The van der Waals surface area contributed by atoms with Crippen LogP contribution in [-0.4, -0.2) is 69.4 Å². The molecule has 3 unspecified atom stereocenters. The van der Waals surface area contributed by atoms with Crippen LogP contribution in [0.4, 0.5) is 0 Å². The van der Waals surface area contributed by atoms with Crippen molar-refractivity contribution in [1.29, 1.82) is 0 Å². The molecule has 0 saturated heterocycles. The Bertz CT molecular complexity index is 1340. The summed E-state index contributed by atoms with van der Waals surface area (Å²) in [5.41, 5.74) is 0. The lowest BCUT2D eigenvalue weighted by Gasteiger charge is -2.30. The van der Waals surface area contributed by atoms with Crippen LogP contribution >= 0.6 is 7.82 Å². The number of unbranched alkanes of at least 4 members (excludes halogenated alkanes) is 27. The first-order valence-electron chi connectivity index (χ1n) is 27.6. The zero-order valence-electron chi connectivity index (χ0n) is 44.3. The van der Waals surface area contributed by atoms with Gasteiger partial charge in [0.2, 0.25) is 5.91 Å². The molecule has 390 valence electrons. The number of carbonyl (C=O) groups excluding carboxylic acids is 2. The van der Waals surface area contributed by atoms with Gasteiger partial charge >= 0.3 is 5.97 Å². The molecule has 0 aromatic rings. The third kappa shape index (κ3) is 48.5. The van der Waals surface area contributed by atoms with E-state index in [9.17, 15) is 19.0 Å². The number of phosphoric acid groups is 1. The highest BCUT2D eigenvalue weighted by Gasteiger charge is 2.27. The summed E-state index contributed by atoms with van der Waals surface area (Å²) >= 11 is 0. The third-order valence-corrected chi connectivity index (χ3v) is 13.0. The quantitative estimate of drug-likeness (QED) is 0.0161. The van der Waals surface area contributed by atoms with E-state index < -0.39 is 26.6 Å². The van der Waals surface area contributed by atoms with E-state index in [0.29, 0.717) is 30.3 Å². The molecule has 0 fully saturated rings. The predicted molar refractivity (Wildman–Crippen MR) is 284 cm³/mol. The van der Waals surface area contributed by atoms with Crippen molar-refractivity contribution in [3.63, 3.8) is 0 Å². The van der Waals surface area contributed by atoms with E-state index in [4.69, 9.17) is 13.8 Å². The fourth-order valence-electron chi connectivity index (χ4n) is 7.69. The van der Waals surface area contributed by atoms with E-state index >= 15 is 0 Å². The number of quaternary nitrogens is 1. The maximum Gasteiger partial charge on any atom is 0.306 e. The van der Waals surface area contributed by atoms with Crippen molar-refractivity contribution < 1.29 is 37.3 Å². The summed E-state index contributed by atoms with van der Waals surface area (Å²) in [5.74, 6) is -0.574. The highest BCUT2D eigenvalue weighted by molar-refractivity contribution is 7.45. The largest absolute Gasteiger partial charge is 0.756 e. The van der Waals surface area contributed by atoms with Crippen molar-refractivity contribution in [3.8, 4) is 0 Å². The number of ether oxygens (including phenoxy) is 1. The zero-order chi connectivity index (χ0) is 49.4. The molecular weight excluding hydrogens is 856 g/mol. The second-order valence-corrected chi connectivity index (χ2v) is 21.2. The van der Waals surface area contributed by atoms with Crippen molar-refractivity contribution >= 4 is 19.7 Å². The number of allylic oxidation sites excluding steroid dienone is 9. The van der Waals surface area contributed by atoms with E-state index in [-0.39, 0.29) is 24.9 Å². The molecule has 0 aliphatic heterocycles. The van der Waals surface area contributed by atoms with Crippen LogP contribution in [0.3, 0.4) is 0 Å². The molecule has 0 heterocycles. The summed E-state index contributed by atoms with van der Waals surface area (Å²) in [7, 11) is 1.16. The Labute approximate surface area is 413 Å². The van der Waals surface area contributed by atoms with Crippen molar-refractivity contribution in [2.75, 3.05) is 40.9 Å². The molecule has 0 aromatic heterocycles. The normalized spacial score (nSPS) is 14.3. The average molecular weight is 961 g/mol. The molecule has 1 N–H and O–H groups in total. The van der Waals surface area contributed by atoms with Gasteiger partial charge in [0.25, 0.3) is 7.82 Å². The summed E-state index contributed by atoms with van der Waals surface area (Å²) < 4.78 is 30.2. The number of nitrogens with one attached hydrogen (secondary N) is 1. The van der Waals surface area contributed by atoms with Crippen molar-refractivity contribution in [2.24, 2.45) is 0 Å². The van der Waals surface area contributed by atoms with Crippen LogP contribution < -0.4 is 10.2 Å². The van der Waals surface area contributed by atoms with Crippen molar-refractivity contribution in [2.45, 2.75) is 251 Å². The van der Waals surface area contributed by atoms with E-state index in [1.807, 2.05) is 33.3 Å². The van der Waals surface area contributed by atoms with E-state index in [1.165, 1.54) is 116 Å². The molecule has 0 aliphatic rings. The first-order chi connectivity index (χ1) is 32.4. The number of amides is 1. The number of carbonyl (C=O) groups is 2. The van der Waals surface area contributed by atoms with Crippen molar-refractivity contribution in [1.82, 2.24) is 5.32 Å². The molecule has 10 heteroatoms. The minimum atomic E-state index is -4.70. The highest BCUT2D eigenvalue weighted by Crippen LogP contribution is 2.38. The third-order valence-electron chi connectivity index (χ3n) is 12.0. The molecule has 67 heavy (non-hydrogen) atoms. The number of esters is 1. The lowest BCUT2D eigenvalue weighted by Crippen LogP contribution is -2.47. The van der Waals surface area contributed by atoms with E-state index in [1.54, 1.807) is 0 Å². The van der Waals surface area contributed by atoms with Gasteiger partial charge in [0.1, 0.15) is 19.3 Å². The first kappa shape index (κ1) is 64.7. The Kier molecular flexibility index (Phi) is 45.8. The SMILES string of the molecule is CC/C=C/C=C/C=C/CCCCCCCCCC(=O)OC(/C=C/CCCCCCCCCCCCC)C(COP(=O)([O-])OCC[N+](C)(C)C)NC(=O)CCCCC/C=C\CCCCCCCC. The molecule has 9 nitrogen and oxygen atoms in total. The fraction of sp³-hybridized carbons (Fsp3) is 0.789. The highest BCUT2D eigenvalue weighted by atomic mass is 31.2. The van der Waals surface area contributed by atoms with Crippen molar-refractivity contribution in [3.05, 3.63) is 60.8 Å². The topological polar surface area (TPSA) is 114 Å². The van der Waals surface area contributed by atoms with Crippen LogP contribution in [0.25, 0.3) is 0 Å². The van der Waals surface area contributed by atoms with Gasteiger partial charge in [0.15, 0.2) is 0 Å². The summed E-state index contributed by atoms with van der Waals surface area (Å²) in [6, 6.07) is -0.900. The van der Waals surface area contributed by atoms with E-state index in [2.05, 4.69) is 74.7 Å². The molecule has 0 radical (unpaired) electrons. The van der Waals surface area contributed by atoms with E-state index in [0.717, 1.165) is 77.0 Å². The molecule has 0 rings (SSSR count). The smallest absolute Gasteiger partial charge is 0.306 e. The fourth-order valence-corrected chi connectivity index (χ4v) is 8.41. The predicted octanol–water partition coefficient (Wildman–Crippen LogP) is 15.7. The maximum atomic E-state index is 13.4. The Morgan fingerprint density at radius 1 is 0.537 bits per heavy atom. The molecule has 0 saturated carbocycles. The van der Waals surface area contributed by atoms with Crippen LogP contribution in [0.5, 0.6) is 0 Å². The van der Waals surface area contributed by atoms with Crippen LogP contribution in [0.15, 0.2) is 60.8 Å². The lowest BCUT2D eigenvalue weighted by atomic mass is 10.0. The minimum Gasteiger partial charge on any atom is -0.756 e. The van der Waals surface area contributed by atoms with Gasteiger partial charge in [-0.25, -0.2) is 0 Å². The Morgan fingerprint density at radius 2 is 0.970 bits per heavy atom.